The number of amides is 3. The maximum absolute atomic E-state index is 12.2. The van der Waals surface area contributed by atoms with Crippen molar-refractivity contribution in [3.8, 4) is 6.07 Å². The van der Waals surface area contributed by atoms with E-state index in [0.29, 0.717) is 0 Å². The molecule has 0 saturated heterocycles. The van der Waals surface area contributed by atoms with Crippen LogP contribution >= 0.6 is 0 Å². The van der Waals surface area contributed by atoms with Crippen molar-refractivity contribution in [3.05, 3.63) is 35.9 Å². The predicted octanol–water partition coefficient (Wildman–Crippen LogP) is 0.864. The van der Waals surface area contributed by atoms with Gasteiger partial charge in [0.25, 0.3) is 5.91 Å². The average molecular weight is 360 g/mol. The first kappa shape index (κ1) is 21.0. The largest absolute Gasteiger partial charge is 0.454 e. The van der Waals surface area contributed by atoms with E-state index < -0.39 is 36.1 Å². The zero-order chi connectivity index (χ0) is 19.7. The maximum atomic E-state index is 12.2. The van der Waals surface area contributed by atoms with E-state index in [0.717, 1.165) is 5.56 Å². The smallest absolute Gasteiger partial charge is 0.329 e. The first-order valence-corrected chi connectivity index (χ1v) is 8.16. The molecule has 0 bridgehead atoms. The molecule has 0 aromatic heterocycles. The van der Waals surface area contributed by atoms with E-state index in [-0.39, 0.29) is 12.3 Å². The summed E-state index contributed by atoms with van der Waals surface area (Å²) in [6.45, 7) is 4.61. The number of ether oxygens (including phenoxy) is 1. The molecule has 0 unspecified atom stereocenters. The van der Waals surface area contributed by atoms with Gasteiger partial charge in [-0.25, -0.2) is 9.59 Å². The molecule has 0 radical (unpaired) electrons. The highest BCUT2D eigenvalue weighted by molar-refractivity contribution is 5.86. The lowest BCUT2D eigenvalue weighted by atomic mass is 9.90. The average Bonchev–Trinajstić information content (AvgIpc) is 2.59. The molecule has 1 aromatic rings. The summed E-state index contributed by atoms with van der Waals surface area (Å²) in [4.78, 5) is 35.3. The standard InChI is InChI=1S/C18H24N4O4/c1-12(2)18(3,11-19)22-15(23)10-26-16(24)14(21-17(20)25)9-13-7-5-4-6-8-13/h4-8,12,14H,9-10H2,1-3H3,(H,22,23)(H3,20,21,25)/t14-,18-/m0/s1. The van der Waals surface area contributed by atoms with Gasteiger partial charge in [0.2, 0.25) is 0 Å². The number of hydrogen-bond donors (Lipinski definition) is 3. The van der Waals surface area contributed by atoms with Crippen LogP contribution in [-0.2, 0) is 20.7 Å². The first-order chi connectivity index (χ1) is 12.2. The molecule has 26 heavy (non-hydrogen) atoms. The lowest BCUT2D eigenvalue weighted by Gasteiger charge is -2.27. The fourth-order valence-corrected chi connectivity index (χ4v) is 2.08. The quantitative estimate of drug-likeness (QED) is 0.591. The van der Waals surface area contributed by atoms with E-state index in [2.05, 4.69) is 10.6 Å². The van der Waals surface area contributed by atoms with E-state index >= 15 is 0 Å². The van der Waals surface area contributed by atoms with E-state index in [1.807, 2.05) is 12.1 Å². The molecule has 8 heteroatoms. The summed E-state index contributed by atoms with van der Waals surface area (Å²) in [5.74, 6) is -1.52. The van der Waals surface area contributed by atoms with Crippen LogP contribution in [0.15, 0.2) is 30.3 Å². The van der Waals surface area contributed by atoms with Gasteiger partial charge in [0.15, 0.2) is 6.61 Å². The van der Waals surface area contributed by atoms with Crippen molar-refractivity contribution in [1.82, 2.24) is 10.6 Å². The van der Waals surface area contributed by atoms with Gasteiger partial charge in [-0.15, -0.1) is 0 Å². The van der Waals surface area contributed by atoms with Gasteiger partial charge in [0, 0.05) is 6.42 Å². The summed E-state index contributed by atoms with van der Waals surface area (Å²) in [6.07, 6.45) is 0.173. The Bertz CT molecular complexity index is 684. The molecule has 0 saturated carbocycles. The van der Waals surface area contributed by atoms with Gasteiger partial charge >= 0.3 is 12.0 Å². The van der Waals surface area contributed by atoms with Gasteiger partial charge in [-0.2, -0.15) is 5.26 Å². The molecule has 1 aromatic carbocycles. The number of hydrogen-bond acceptors (Lipinski definition) is 5. The number of rotatable bonds is 8. The molecule has 3 amide bonds. The van der Waals surface area contributed by atoms with Crippen molar-refractivity contribution in [2.75, 3.05) is 6.61 Å². The van der Waals surface area contributed by atoms with Crippen LogP contribution in [0.2, 0.25) is 0 Å². The lowest BCUT2D eigenvalue weighted by Crippen LogP contribution is -2.51. The third-order valence-electron chi connectivity index (χ3n) is 4.02. The second-order valence-corrected chi connectivity index (χ2v) is 6.38. The van der Waals surface area contributed by atoms with Crippen LogP contribution < -0.4 is 16.4 Å². The molecule has 0 heterocycles. The minimum Gasteiger partial charge on any atom is -0.454 e. The van der Waals surface area contributed by atoms with Gasteiger partial charge < -0.3 is 21.1 Å². The summed E-state index contributed by atoms with van der Waals surface area (Å²) in [5.41, 5.74) is 4.83. The lowest BCUT2D eigenvalue weighted by molar-refractivity contribution is -0.150. The Balaban J connectivity index is 2.67. The summed E-state index contributed by atoms with van der Waals surface area (Å²) in [5, 5.41) is 14.0. The molecule has 0 aliphatic heterocycles. The Labute approximate surface area is 152 Å². The molecule has 0 aliphatic rings. The van der Waals surface area contributed by atoms with Crippen molar-refractivity contribution in [2.24, 2.45) is 11.7 Å². The van der Waals surface area contributed by atoms with Gasteiger partial charge in [-0.1, -0.05) is 44.2 Å². The highest BCUT2D eigenvalue weighted by atomic mass is 16.5. The Morgan fingerprint density at radius 2 is 1.88 bits per heavy atom. The van der Waals surface area contributed by atoms with Crippen molar-refractivity contribution in [3.63, 3.8) is 0 Å². The van der Waals surface area contributed by atoms with Crippen molar-refractivity contribution in [2.45, 2.75) is 38.8 Å². The molecule has 2 atom stereocenters. The molecule has 4 N–H and O–H groups in total. The highest BCUT2D eigenvalue weighted by Crippen LogP contribution is 2.14. The van der Waals surface area contributed by atoms with Crippen LogP contribution in [-0.4, -0.2) is 36.1 Å². The Kier molecular flexibility index (Phi) is 7.59. The van der Waals surface area contributed by atoms with E-state index in [1.54, 1.807) is 45.0 Å². The van der Waals surface area contributed by atoms with Crippen molar-refractivity contribution in [1.29, 1.82) is 5.26 Å². The van der Waals surface area contributed by atoms with Gasteiger partial charge in [0.1, 0.15) is 11.6 Å². The van der Waals surface area contributed by atoms with Crippen LogP contribution in [0, 0.1) is 17.2 Å². The number of nitriles is 1. The number of nitrogens with zero attached hydrogens (tertiary/aromatic N) is 1. The topological polar surface area (TPSA) is 134 Å². The molecule has 0 aliphatic carbocycles. The second kappa shape index (κ2) is 9.42. The van der Waals surface area contributed by atoms with Crippen LogP contribution in [0.4, 0.5) is 4.79 Å². The molecular formula is C18H24N4O4. The Morgan fingerprint density at radius 1 is 1.27 bits per heavy atom. The fraction of sp³-hybridized carbons (Fsp3) is 0.444. The Hall–Kier alpha value is -3.08. The van der Waals surface area contributed by atoms with Crippen LogP contribution in [0.1, 0.15) is 26.3 Å². The number of urea groups is 1. The SMILES string of the molecule is CC(C)[C@](C)(C#N)NC(=O)COC(=O)[C@H](Cc1ccccc1)NC(N)=O. The zero-order valence-corrected chi connectivity index (χ0v) is 15.1. The summed E-state index contributed by atoms with van der Waals surface area (Å²) in [7, 11) is 0. The summed E-state index contributed by atoms with van der Waals surface area (Å²) >= 11 is 0. The monoisotopic (exact) mass is 360 g/mol. The van der Waals surface area contributed by atoms with Gasteiger partial charge in [0.05, 0.1) is 6.07 Å². The first-order valence-electron chi connectivity index (χ1n) is 8.16. The van der Waals surface area contributed by atoms with Crippen molar-refractivity contribution < 1.29 is 19.1 Å². The summed E-state index contributed by atoms with van der Waals surface area (Å²) in [6, 6.07) is 9.13. The number of benzene rings is 1. The summed E-state index contributed by atoms with van der Waals surface area (Å²) < 4.78 is 4.98. The Morgan fingerprint density at radius 3 is 2.38 bits per heavy atom. The van der Waals surface area contributed by atoms with Crippen LogP contribution in [0.3, 0.4) is 0 Å². The van der Waals surface area contributed by atoms with E-state index in [4.69, 9.17) is 10.5 Å². The normalized spacial score (nSPS) is 13.8. The fourth-order valence-electron chi connectivity index (χ4n) is 2.08. The van der Waals surface area contributed by atoms with Crippen LogP contribution in [0.5, 0.6) is 0 Å². The number of carbonyl (C=O) groups excluding carboxylic acids is 3. The number of esters is 1. The molecule has 0 fully saturated rings. The van der Waals surface area contributed by atoms with E-state index in [9.17, 15) is 19.6 Å². The number of nitrogens with two attached hydrogens (primary N) is 1. The van der Waals surface area contributed by atoms with Crippen molar-refractivity contribution >= 4 is 17.9 Å². The maximum Gasteiger partial charge on any atom is 0.329 e. The molecular weight excluding hydrogens is 336 g/mol. The number of nitrogens with one attached hydrogen (secondary N) is 2. The van der Waals surface area contributed by atoms with Gasteiger partial charge in [-0.05, 0) is 18.4 Å². The molecule has 8 nitrogen and oxygen atoms in total. The number of carbonyl (C=O) groups is 3. The third kappa shape index (κ3) is 6.43. The molecule has 1 rings (SSSR count). The number of primary amides is 1. The third-order valence-corrected chi connectivity index (χ3v) is 4.02. The highest BCUT2D eigenvalue weighted by Gasteiger charge is 2.30. The zero-order valence-electron chi connectivity index (χ0n) is 15.1. The predicted molar refractivity (Wildman–Crippen MR) is 94.6 cm³/mol. The molecule has 140 valence electrons. The minimum absolute atomic E-state index is 0.130. The van der Waals surface area contributed by atoms with E-state index in [1.165, 1.54) is 0 Å². The van der Waals surface area contributed by atoms with Gasteiger partial charge in [-0.3, -0.25) is 4.79 Å². The van der Waals surface area contributed by atoms with Crippen LogP contribution in [0.25, 0.3) is 0 Å². The second-order valence-electron chi connectivity index (χ2n) is 6.38. The molecule has 0 spiro atoms. The minimum atomic E-state index is -1.07.